The maximum atomic E-state index is 12.4. The minimum absolute atomic E-state index is 0.120. The number of nitrogens with one attached hydrogen (secondary N) is 3. The Morgan fingerprint density at radius 3 is 2.83 bits per heavy atom. The van der Waals surface area contributed by atoms with E-state index in [2.05, 4.69) is 35.5 Å². The zero-order valence-corrected chi connectivity index (χ0v) is 16.5. The number of rotatable bonds is 4. The maximum absolute atomic E-state index is 12.4. The molecule has 4 aromatic heterocycles. The van der Waals surface area contributed by atoms with Crippen molar-refractivity contribution in [2.75, 3.05) is 6.54 Å². The molecule has 0 spiro atoms. The van der Waals surface area contributed by atoms with Crippen molar-refractivity contribution >= 4 is 27.8 Å². The van der Waals surface area contributed by atoms with Gasteiger partial charge < -0.3 is 10.3 Å². The first kappa shape index (κ1) is 18.0. The third-order valence-electron chi connectivity index (χ3n) is 5.18. The highest BCUT2D eigenvalue weighted by atomic mass is 16.1. The van der Waals surface area contributed by atoms with Crippen molar-refractivity contribution in [1.82, 2.24) is 35.5 Å². The lowest BCUT2D eigenvalue weighted by Crippen LogP contribution is -2.23. The fraction of sp³-hybridized carbons (Fsp3) is 0.136. The van der Waals surface area contributed by atoms with E-state index in [4.69, 9.17) is 0 Å². The standard InChI is InChI=1S/C22H19N7O/c1-3-25-22(30)16-10-24-9-15(12(16)2)13-4-5-17-14(8-13)20(29-28-17)21-26-18-6-7-23-11-19(18)27-21/h4-11H,3H2,1-2H3,(H,25,30)(H,26,27)(H,28,29). The Bertz CT molecular complexity index is 1370. The molecule has 0 saturated carbocycles. The molecule has 1 amide bonds. The molecule has 0 aliphatic heterocycles. The highest BCUT2D eigenvalue weighted by Crippen LogP contribution is 2.31. The van der Waals surface area contributed by atoms with Gasteiger partial charge in [0.1, 0.15) is 5.69 Å². The Labute approximate surface area is 171 Å². The lowest BCUT2D eigenvalue weighted by Gasteiger charge is -2.11. The first-order chi connectivity index (χ1) is 14.7. The number of H-pyrrole nitrogens is 2. The van der Waals surface area contributed by atoms with Gasteiger partial charge >= 0.3 is 0 Å². The number of carbonyl (C=O) groups excluding carboxylic acids is 1. The van der Waals surface area contributed by atoms with Crippen molar-refractivity contribution in [3.63, 3.8) is 0 Å². The Balaban J connectivity index is 1.63. The lowest BCUT2D eigenvalue weighted by molar-refractivity contribution is 0.0955. The molecular formula is C22H19N7O. The monoisotopic (exact) mass is 397 g/mol. The quantitative estimate of drug-likeness (QED) is 0.429. The number of carbonyl (C=O) groups is 1. The van der Waals surface area contributed by atoms with E-state index >= 15 is 0 Å². The van der Waals surface area contributed by atoms with Crippen LogP contribution in [0.15, 0.2) is 49.1 Å². The Morgan fingerprint density at radius 2 is 2.00 bits per heavy atom. The van der Waals surface area contributed by atoms with E-state index in [1.54, 1.807) is 24.8 Å². The molecule has 1 aromatic carbocycles. The second-order valence-corrected chi connectivity index (χ2v) is 7.03. The van der Waals surface area contributed by atoms with E-state index in [0.717, 1.165) is 44.3 Å². The van der Waals surface area contributed by atoms with Gasteiger partial charge in [0.2, 0.25) is 0 Å². The average Bonchev–Trinajstić information content (AvgIpc) is 3.37. The van der Waals surface area contributed by atoms with Gasteiger partial charge in [0, 0.05) is 36.1 Å². The van der Waals surface area contributed by atoms with Gasteiger partial charge in [0.05, 0.1) is 28.3 Å². The predicted octanol–water partition coefficient (Wildman–Crippen LogP) is 3.62. The van der Waals surface area contributed by atoms with Crippen LogP contribution in [0.1, 0.15) is 22.8 Å². The number of imidazole rings is 1. The zero-order valence-electron chi connectivity index (χ0n) is 16.5. The number of amides is 1. The van der Waals surface area contributed by atoms with Crippen LogP contribution in [0.4, 0.5) is 0 Å². The van der Waals surface area contributed by atoms with Crippen LogP contribution in [0, 0.1) is 6.92 Å². The van der Waals surface area contributed by atoms with Gasteiger partial charge in [-0.25, -0.2) is 4.98 Å². The molecule has 3 N–H and O–H groups in total. The molecule has 148 valence electrons. The third-order valence-corrected chi connectivity index (χ3v) is 5.18. The van der Waals surface area contributed by atoms with Crippen molar-refractivity contribution in [3.05, 3.63) is 60.2 Å². The van der Waals surface area contributed by atoms with Crippen molar-refractivity contribution in [1.29, 1.82) is 0 Å². The summed E-state index contributed by atoms with van der Waals surface area (Å²) in [5.41, 5.74) is 6.64. The molecule has 5 aromatic rings. The molecular weight excluding hydrogens is 378 g/mol. The van der Waals surface area contributed by atoms with Gasteiger partial charge in [-0.2, -0.15) is 5.10 Å². The van der Waals surface area contributed by atoms with Gasteiger partial charge in [-0.3, -0.25) is 19.9 Å². The molecule has 0 unspecified atom stereocenters. The number of nitrogens with zero attached hydrogens (tertiary/aromatic N) is 4. The highest BCUT2D eigenvalue weighted by Gasteiger charge is 2.16. The summed E-state index contributed by atoms with van der Waals surface area (Å²) in [6.45, 7) is 4.40. The van der Waals surface area contributed by atoms with Crippen LogP contribution < -0.4 is 5.32 Å². The number of hydrogen-bond donors (Lipinski definition) is 3. The number of benzene rings is 1. The molecule has 0 saturated heterocycles. The van der Waals surface area contributed by atoms with Gasteiger partial charge in [0.25, 0.3) is 5.91 Å². The summed E-state index contributed by atoms with van der Waals surface area (Å²) in [5, 5.41) is 11.3. The molecule has 5 rings (SSSR count). The minimum Gasteiger partial charge on any atom is -0.352 e. The summed E-state index contributed by atoms with van der Waals surface area (Å²) in [5.74, 6) is 0.553. The summed E-state index contributed by atoms with van der Waals surface area (Å²) < 4.78 is 0. The van der Waals surface area contributed by atoms with E-state index in [0.29, 0.717) is 17.9 Å². The van der Waals surface area contributed by atoms with Gasteiger partial charge in [-0.1, -0.05) is 6.07 Å². The number of pyridine rings is 2. The maximum Gasteiger partial charge on any atom is 0.253 e. The summed E-state index contributed by atoms with van der Waals surface area (Å²) in [7, 11) is 0. The molecule has 0 bridgehead atoms. The second kappa shape index (κ2) is 7.07. The van der Waals surface area contributed by atoms with E-state index in [1.165, 1.54) is 0 Å². The normalized spacial score (nSPS) is 11.3. The van der Waals surface area contributed by atoms with Crippen molar-refractivity contribution in [2.45, 2.75) is 13.8 Å². The topological polar surface area (TPSA) is 112 Å². The molecule has 0 fully saturated rings. The van der Waals surface area contributed by atoms with Crippen LogP contribution in [0.2, 0.25) is 0 Å². The zero-order chi connectivity index (χ0) is 20.7. The summed E-state index contributed by atoms with van der Waals surface area (Å²) in [6.07, 6.45) is 6.85. The molecule has 0 aliphatic rings. The molecule has 8 nitrogen and oxygen atoms in total. The number of fused-ring (bicyclic) bond motifs is 2. The fourth-order valence-electron chi connectivity index (χ4n) is 3.63. The Morgan fingerprint density at radius 1 is 1.10 bits per heavy atom. The largest absolute Gasteiger partial charge is 0.352 e. The molecule has 0 atom stereocenters. The number of aromatic amines is 2. The van der Waals surface area contributed by atoms with E-state index in [9.17, 15) is 4.79 Å². The summed E-state index contributed by atoms with van der Waals surface area (Å²) in [6, 6.07) is 7.88. The van der Waals surface area contributed by atoms with Gasteiger partial charge in [-0.15, -0.1) is 0 Å². The van der Waals surface area contributed by atoms with Gasteiger partial charge in [-0.05, 0) is 43.2 Å². The Kier molecular flexibility index (Phi) is 4.24. The first-order valence-corrected chi connectivity index (χ1v) is 9.67. The van der Waals surface area contributed by atoms with Crippen LogP contribution in [-0.2, 0) is 0 Å². The summed E-state index contributed by atoms with van der Waals surface area (Å²) in [4.78, 5) is 28.7. The molecule has 30 heavy (non-hydrogen) atoms. The minimum atomic E-state index is -0.120. The lowest BCUT2D eigenvalue weighted by atomic mass is 9.97. The molecule has 4 heterocycles. The van der Waals surface area contributed by atoms with Crippen LogP contribution >= 0.6 is 0 Å². The van der Waals surface area contributed by atoms with Crippen molar-refractivity contribution in [2.24, 2.45) is 0 Å². The number of aromatic nitrogens is 6. The molecule has 0 radical (unpaired) electrons. The van der Waals surface area contributed by atoms with Crippen LogP contribution in [0.3, 0.4) is 0 Å². The second-order valence-electron chi connectivity index (χ2n) is 7.03. The first-order valence-electron chi connectivity index (χ1n) is 9.67. The van der Waals surface area contributed by atoms with Crippen LogP contribution in [-0.4, -0.2) is 42.6 Å². The Hall–Kier alpha value is -4.07. The van der Waals surface area contributed by atoms with Gasteiger partial charge in [0.15, 0.2) is 5.82 Å². The predicted molar refractivity (Wildman–Crippen MR) is 115 cm³/mol. The molecule has 0 aliphatic carbocycles. The summed E-state index contributed by atoms with van der Waals surface area (Å²) >= 11 is 0. The SMILES string of the molecule is CCNC(=O)c1cncc(-c2ccc3[nH]nc(-c4nc5ccncc5[nH]4)c3c2)c1C. The highest BCUT2D eigenvalue weighted by molar-refractivity contribution is 5.99. The van der Waals surface area contributed by atoms with E-state index < -0.39 is 0 Å². The van der Waals surface area contributed by atoms with Crippen LogP contribution in [0.5, 0.6) is 0 Å². The third kappa shape index (κ3) is 2.89. The van der Waals surface area contributed by atoms with E-state index in [-0.39, 0.29) is 5.91 Å². The van der Waals surface area contributed by atoms with E-state index in [1.807, 2.05) is 38.1 Å². The van der Waals surface area contributed by atoms with Crippen LogP contribution in [0.25, 0.3) is 44.6 Å². The smallest absolute Gasteiger partial charge is 0.253 e. The van der Waals surface area contributed by atoms with Crippen molar-refractivity contribution < 1.29 is 4.79 Å². The fourth-order valence-corrected chi connectivity index (χ4v) is 3.63. The average molecular weight is 397 g/mol. The number of hydrogen-bond acceptors (Lipinski definition) is 5. The van der Waals surface area contributed by atoms with Crippen molar-refractivity contribution in [3.8, 4) is 22.6 Å². The molecule has 8 heteroatoms.